The van der Waals surface area contributed by atoms with E-state index in [1.54, 1.807) is 24.3 Å². The quantitative estimate of drug-likeness (QED) is 0.649. The van der Waals surface area contributed by atoms with Gasteiger partial charge in [-0.2, -0.15) is 18.3 Å². The van der Waals surface area contributed by atoms with Gasteiger partial charge in [0.2, 0.25) is 0 Å². The molecule has 2 aromatic rings. The number of aromatic nitrogens is 2. The monoisotopic (exact) mass is 456 g/mol. The Kier molecular flexibility index (Phi) is 6.55. The molecule has 1 saturated heterocycles. The number of ether oxygens (including phenoxy) is 1. The Morgan fingerprint density at radius 2 is 1.94 bits per heavy atom. The van der Waals surface area contributed by atoms with Gasteiger partial charge in [-0.1, -0.05) is 23.7 Å². The van der Waals surface area contributed by atoms with Crippen molar-refractivity contribution in [2.24, 2.45) is 0 Å². The van der Waals surface area contributed by atoms with Crippen LogP contribution < -0.4 is 5.32 Å². The molecule has 1 aromatic carbocycles. The van der Waals surface area contributed by atoms with Gasteiger partial charge in [-0.25, -0.2) is 4.68 Å². The molecule has 0 amide bonds. The molecule has 3 heterocycles. The minimum Gasteiger partial charge on any atom is -0.379 e. The second-order valence-electron chi connectivity index (χ2n) is 7.87. The minimum absolute atomic E-state index is 0.130. The lowest BCUT2D eigenvalue weighted by Crippen LogP contribution is -2.37. The number of nitrogens with one attached hydrogen (secondary N) is 1. The molecule has 168 valence electrons. The molecule has 10 heteroatoms. The Morgan fingerprint density at radius 3 is 2.61 bits per heavy atom. The summed E-state index contributed by atoms with van der Waals surface area (Å²) in [5, 5.41) is 7.55. The van der Waals surface area contributed by atoms with Crippen molar-refractivity contribution in [2.75, 3.05) is 38.2 Å². The summed E-state index contributed by atoms with van der Waals surface area (Å²) in [6.07, 6.45) is -2.57. The molecular formula is C21H24ClF3N4O2. The van der Waals surface area contributed by atoms with Crippen molar-refractivity contribution in [1.29, 1.82) is 0 Å². The third kappa shape index (κ3) is 5.05. The van der Waals surface area contributed by atoms with Crippen LogP contribution in [0.3, 0.4) is 0 Å². The number of morpholine rings is 1. The Labute approximate surface area is 183 Å². The summed E-state index contributed by atoms with van der Waals surface area (Å²) in [5.41, 5.74) is 0.881. The number of halogens is 4. The molecule has 2 atom stereocenters. The zero-order valence-corrected chi connectivity index (χ0v) is 17.6. The summed E-state index contributed by atoms with van der Waals surface area (Å²) in [4.78, 5) is 15.0. The molecule has 1 N–H and O–H groups in total. The van der Waals surface area contributed by atoms with Crippen LogP contribution in [0, 0.1) is 0 Å². The van der Waals surface area contributed by atoms with Crippen LogP contribution in [0.5, 0.6) is 0 Å². The van der Waals surface area contributed by atoms with Crippen molar-refractivity contribution in [3.8, 4) is 0 Å². The Balaban J connectivity index is 1.51. The molecule has 2 aliphatic rings. The molecule has 31 heavy (non-hydrogen) atoms. The highest BCUT2D eigenvalue weighted by Gasteiger charge is 2.47. The van der Waals surface area contributed by atoms with Gasteiger partial charge in [-0.15, -0.1) is 0 Å². The van der Waals surface area contributed by atoms with Crippen molar-refractivity contribution in [3.63, 3.8) is 0 Å². The van der Waals surface area contributed by atoms with E-state index >= 15 is 0 Å². The van der Waals surface area contributed by atoms with Gasteiger partial charge in [0.1, 0.15) is 5.82 Å². The van der Waals surface area contributed by atoms with Crippen LogP contribution >= 0.6 is 11.6 Å². The first-order chi connectivity index (χ1) is 14.8. The van der Waals surface area contributed by atoms with Crippen molar-refractivity contribution < 1.29 is 22.7 Å². The Bertz CT molecular complexity index is 910. The van der Waals surface area contributed by atoms with Gasteiger partial charge >= 0.3 is 6.18 Å². The number of nitrogens with zero attached hydrogens (tertiary/aromatic N) is 3. The molecule has 0 radical (unpaired) electrons. The predicted molar refractivity (Wildman–Crippen MR) is 111 cm³/mol. The zero-order chi connectivity index (χ0) is 22.0. The third-order valence-corrected chi connectivity index (χ3v) is 6.05. The molecule has 0 spiro atoms. The first-order valence-corrected chi connectivity index (χ1v) is 10.7. The second kappa shape index (κ2) is 9.18. The lowest BCUT2D eigenvalue weighted by Gasteiger charge is -2.34. The number of hydrogen-bond donors (Lipinski definition) is 1. The van der Waals surface area contributed by atoms with Crippen molar-refractivity contribution in [3.05, 3.63) is 46.6 Å². The number of carbonyl (C=O) groups is 1. The van der Waals surface area contributed by atoms with Crippen LogP contribution in [0.1, 0.15) is 47.3 Å². The number of fused-ring (bicyclic) bond motifs is 1. The number of carbonyl (C=O) groups excluding carboxylic acids is 1. The smallest absolute Gasteiger partial charge is 0.379 e. The maximum absolute atomic E-state index is 13.8. The summed E-state index contributed by atoms with van der Waals surface area (Å²) >= 11 is 5.92. The fourth-order valence-electron chi connectivity index (χ4n) is 4.10. The van der Waals surface area contributed by atoms with Gasteiger partial charge in [0.25, 0.3) is 0 Å². The predicted octanol–water partition coefficient (Wildman–Crippen LogP) is 4.49. The fraction of sp³-hybridized carbons (Fsp3) is 0.524. The van der Waals surface area contributed by atoms with Crippen molar-refractivity contribution in [2.45, 2.75) is 37.5 Å². The average Bonchev–Trinajstić information content (AvgIpc) is 3.17. The maximum Gasteiger partial charge on any atom is 0.410 e. The molecule has 4 rings (SSSR count). The van der Waals surface area contributed by atoms with E-state index in [1.165, 1.54) is 6.20 Å². The van der Waals surface area contributed by atoms with E-state index in [0.717, 1.165) is 24.3 Å². The fourth-order valence-corrected chi connectivity index (χ4v) is 4.23. The van der Waals surface area contributed by atoms with E-state index in [9.17, 15) is 18.0 Å². The zero-order valence-electron chi connectivity index (χ0n) is 16.9. The molecule has 0 aliphatic carbocycles. The SMILES string of the molecule is O=C(CCCN1CCOCC1)c1cnn2c1NC(c1ccc(Cl)cc1)CC2C(F)(F)F. The first kappa shape index (κ1) is 22.1. The number of benzene rings is 1. The Morgan fingerprint density at radius 1 is 1.23 bits per heavy atom. The number of Topliss-reactive ketones (excluding diaryl/α,β-unsaturated/α-hetero) is 1. The Hall–Kier alpha value is -2.10. The standard InChI is InChI=1S/C21H24ClF3N4O2/c22-15-5-3-14(4-6-15)17-12-19(21(23,24)25)29-20(27-17)16(13-26-29)18(30)2-1-7-28-8-10-31-11-9-28/h3-6,13,17,19,27H,1-2,7-12H2. The second-order valence-corrected chi connectivity index (χ2v) is 8.31. The topological polar surface area (TPSA) is 59.4 Å². The van der Waals surface area contributed by atoms with Crippen LogP contribution in [0.4, 0.5) is 19.0 Å². The summed E-state index contributed by atoms with van der Waals surface area (Å²) in [5.74, 6) is -0.0791. The number of ketones is 1. The lowest BCUT2D eigenvalue weighted by atomic mass is 9.96. The summed E-state index contributed by atoms with van der Waals surface area (Å²) in [6, 6.07) is 4.27. The van der Waals surface area contributed by atoms with Crippen LogP contribution in [0.2, 0.25) is 5.02 Å². The van der Waals surface area contributed by atoms with E-state index in [-0.39, 0.29) is 30.0 Å². The molecule has 6 nitrogen and oxygen atoms in total. The maximum atomic E-state index is 13.8. The van der Waals surface area contributed by atoms with Gasteiger partial charge in [0.15, 0.2) is 11.8 Å². The average molecular weight is 457 g/mol. The number of alkyl halides is 3. The molecule has 2 unspecified atom stereocenters. The highest BCUT2D eigenvalue weighted by atomic mass is 35.5. The summed E-state index contributed by atoms with van der Waals surface area (Å²) < 4.78 is 47.6. The van der Waals surface area contributed by atoms with Gasteiger partial charge in [-0.3, -0.25) is 9.69 Å². The lowest BCUT2D eigenvalue weighted by molar-refractivity contribution is -0.173. The summed E-state index contributed by atoms with van der Waals surface area (Å²) in [6.45, 7) is 3.77. The van der Waals surface area contributed by atoms with Gasteiger partial charge in [0.05, 0.1) is 31.0 Å². The van der Waals surface area contributed by atoms with Crippen LogP contribution in [-0.2, 0) is 4.74 Å². The molecule has 0 saturated carbocycles. The van der Waals surface area contributed by atoms with Crippen molar-refractivity contribution >= 4 is 23.2 Å². The first-order valence-electron chi connectivity index (χ1n) is 10.3. The van der Waals surface area contributed by atoms with Gasteiger partial charge < -0.3 is 10.1 Å². The van der Waals surface area contributed by atoms with Crippen LogP contribution in [0.25, 0.3) is 0 Å². The van der Waals surface area contributed by atoms with Gasteiger partial charge in [0, 0.05) is 31.0 Å². The highest BCUT2D eigenvalue weighted by molar-refractivity contribution is 6.30. The normalized spacial score (nSPS) is 22.1. The highest BCUT2D eigenvalue weighted by Crippen LogP contribution is 2.44. The molecule has 1 fully saturated rings. The van der Waals surface area contributed by atoms with Gasteiger partial charge in [-0.05, 0) is 30.7 Å². The van der Waals surface area contributed by atoms with E-state index in [0.29, 0.717) is 30.2 Å². The molecule has 1 aromatic heterocycles. The summed E-state index contributed by atoms with van der Waals surface area (Å²) in [7, 11) is 0. The van der Waals surface area contributed by atoms with E-state index in [1.807, 2.05) is 0 Å². The van der Waals surface area contributed by atoms with E-state index in [2.05, 4.69) is 15.3 Å². The van der Waals surface area contributed by atoms with Crippen LogP contribution in [-0.4, -0.2) is 59.5 Å². The number of rotatable bonds is 6. The molecular weight excluding hydrogens is 433 g/mol. The number of anilines is 1. The third-order valence-electron chi connectivity index (χ3n) is 5.79. The molecule has 2 aliphatic heterocycles. The van der Waals surface area contributed by atoms with Crippen LogP contribution in [0.15, 0.2) is 30.5 Å². The van der Waals surface area contributed by atoms with E-state index < -0.39 is 18.3 Å². The molecule has 0 bridgehead atoms. The minimum atomic E-state index is -4.48. The van der Waals surface area contributed by atoms with Crippen molar-refractivity contribution in [1.82, 2.24) is 14.7 Å². The largest absolute Gasteiger partial charge is 0.410 e. The number of hydrogen-bond acceptors (Lipinski definition) is 5. The van der Waals surface area contributed by atoms with E-state index in [4.69, 9.17) is 16.3 Å².